The number of nitrogens with zero attached hydrogens (tertiary/aromatic N) is 3. The van der Waals surface area contributed by atoms with Crippen LogP contribution in [-0.4, -0.2) is 21.5 Å². The molecule has 0 atom stereocenters. The normalized spacial score (nSPS) is 14.8. The van der Waals surface area contributed by atoms with Crippen molar-refractivity contribution in [3.8, 4) is 0 Å². The van der Waals surface area contributed by atoms with E-state index in [2.05, 4.69) is 33.8 Å². The molecule has 0 amide bonds. The fourth-order valence-electron chi connectivity index (χ4n) is 2.25. The van der Waals surface area contributed by atoms with Gasteiger partial charge in [0.05, 0.1) is 12.7 Å². The number of rotatable bonds is 2. The van der Waals surface area contributed by atoms with Crippen molar-refractivity contribution in [1.82, 2.24) is 20.3 Å². The van der Waals surface area contributed by atoms with Crippen molar-refractivity contribution in [3.63, 3.8) is 0 Å². The lowest BCUT2D eigenvalue weighted by Gasteiger charge is -2.20. The molecule has 1 aromatic carbocycles. The van der Waals surface area contributed by atoms with Crippen molar-refractivity contribution in [2.24, 2.45) is 0 Å². The second-order valence-electron chi connectivity index (χ2n) is 4.08. The Labute approximate surface area is 94.3 Å². The maximum atomic E-state index is 4.01. The monoisotopic (exact) mass is 214 g/mol. The van der Waals surface area contributed by atoms with Crippen molar-refractivity contribution in [2.75, 3.05) is 6.54 Å². The summed E-state index contributed by atoms with van der Waals surface area (Å²) in [7, 11) is 0. The minimum absolute atomic E-state index is 0.823. The topological polar surface area (TPSA) is 42.7 Å². The van der Waals surface area contributed by atoms with Gasteiger partial charge in [0.2, 0.25) is 0 Å². The Bertz CT molecular complexity index is 476. The Balaban J connectivity index is 1.94. The second kappa shape index (κ2) is 4.06. The van der Waals surface area contributed by atoms with Gasteiger partial charge in [0, 0.05) is 12.7 Å². The quantitative estimate of drug-likeness (QED) is 0.810. The summed E-state index contributed by atoms with van der Waals surface area (Å²) in [6.07, 6.45) is 4.73. The number of aromatic nitrogens is 3. The molecular weight excluding hydrogens is 200 g/mol. The summed E-state index contributed by atoms with van der Waals surface area (Å²) in [5.41, 5.74) is 4.27. The molecule has 82 valence electrons. The molecule has 3 rings (SSSR count). The first kappa shape index (κ1) is 9.54. The third-order valence-electron chi connectivity index (χ3n) is 3.04. The van der Waals surface area contributed by atoms with Crippen LogP contribution in [0, 0.1) is 0 Å². The van der Waals surface area contributed by atoms with Crippen molar-refractivity contribution in [3.05, 3.63) is 47.3 Å². The molecule has 0 radical (unpaired) electrons. The lowest BCUT2D eigenvalue weighted by atomic mass is 9.95. The summed E-state index contributed by atoms with van der Waals surface area (Å²) in [5.74, 6) is 0. The summed E-state index contributed by atoms with van der Waals surface area (Å²) in [5, 5.41) is 11.2. The summed E-state index contributed by atoms with van der Waals surface area (Å²) in [6.45, 7) is 2.88. The van der Waals surface area contributed by atoms with E-state index in [9.17, 15) is 0 Å². The summed E-state index contributed by atoms with van der Waals surface area (Å²) in [6, 6.07) is 6.51. The van der Waals surface area contributed by atoms with Crippen LogP contribution < -0.4 is 5.32 Å². The molecule has 4 nitrogen and oxygen atoms in total. The van der Waals surface area contributed by atoms with Crippen LogP contribution in [0.1, 0.15) is 16.7 Å². The first-order valence-corrected chi connectivity index (χ1v) is 5.58. The number of hydrogen-bond donors (Lipinski definition) is 1. The van der Waals surface area contributed by atoms with Crippen molar-refractivity contribution < 1.29 is 0 Å². The number of benzene rings is 1. The largest absolute Gasteiger partial charge is 0.312 e. The fraction of sp³-hybridized carbons (Fsp3) is 0.333. The van der Waals surface area contributed by atoms with Gasteiger partial charge in [-0.3, -0.25) is 0 Å². The third-order valence-corrected chi connectivity index (χ3v) is 3.04. The van der Waals surface area contributed by atoms with Crippen molar-refractivity contribution >= 4 is 0 Å². The fourth-order valence-corrected chi connectivity index (χ4v) is 2.25. The van der Waals surface area contributed by atoms with Gasteiger partial charge in [-0.1, -0.05) is 23.4 Å². The summed E-state index contributed by atoms with van der Waals surface area (Å²) in [4.78, 5) is 0. The molecule has 1 aliphatic heterocycles. The third kappa shape index (κ3) is 1.72. The molecule has 16 heavy (non-hydrogen) atoms. The van der Waals surface area contributed by atoms with E-state index >= 15 is 0 Å². The Kier molecular flexibility index (Phi) is 2.42. The van der Waals surface area contributed by atoms with E-state index in [1.807, 2.05) is 10.9 Å². The van der Waals surface area contributed by atoms with Crippen molar-refractivity contribution in [2.45, 2.75) is 19.5 Å². The van der Waals surface area contributed by atoms with Crippen LogP contribution in [-0.2, 0) is 19.5 Å². The number of nitrogens with one attached hydrogen (secondary N) is 1. The van der Waals surface area contributed by atoms with Gasteiger partial charge < -0.3 is 5.32 Å². The maximum Gasteiger partial charge on any atom is 0.0693 e. The zero-order valence-electron chi connectivity index (χ0n) is 9.06. The summed E-state index contributed by atoms with van der Waals surface area (Å²) >= 11 is 0. The molecule has 2 heterocycles. The molecule has 0 saturated carbocycles. The van der Waals surface area contributed by atoms with Crippen LogP contribution in [0.2, 0.25) is 0 Å². The molecule has 0 bridgehead atoms. The molecule has 2 aromatic rings. The zero-order chi connectivity index (χ0) is 10.8. The molecule has 1 aliphatic rings. The van der Waals surface area contributed by atoms with E-state index in [1.54, 1.807) is 6.20 Å². The maximum absolute atomic E-state index is 4.01. The molecular formula is C12H14N4. The lowest BCUT2D eigenvalue weighted by molar-refractivity contribution is 0.614. The highest BCUT2D eigenvalue weighted by Crippen LogP contribution is 2.19. The molecule has 1 aromatic heterocycles. The number of fused-ring (bicyclic) bond motifs is 1. The van der Waals surface area contributed by atoms with Crippen LogP contribution in [0.3, 0.4) is 0 Å². The van der Waals surface area contributed by atoms with Gasteiger partial charge in [-0.05, 0) is 29.7 Å². The molecule has 0 fully saturated rings. The molecule has 1 N–H and O–H groups in total. The average Bonchev–Trinajstić information content (AvgIpc) is 2.82. The van der Waals surface area contributed by atoms with E-state index in [0.29, 0.717) is 0 Å². The van der Waals surface area contributed by atoms with E-state index in [1.165, 1.54) is 16.7 Å². The van der Waals surface area contributed by atoms with E-state index in [0.717, 1.165) is 26.1 Å². The predicted octanol–water partition coefficient (Wildman–Crippen LogP) is 0.972. The molecule has 0 spiro atoms. The Morgan fingerprint density at radius 3 is 3.25 bits per heavy atom. The van der Waals surface area contributed by atoms with Crippen LogP contribution in [0.25, 0.3) is 0 Å². The minimum Gasteiger partial charge on any atom is -0.312 e. The van der Waals surface area contributed by atoms with Crippen LogP contribution in [0.15, 0.2) is 30.6 Å². The van der Waals surface area contributed by atoms with E-state index in [-0.39, 0.29) is 0 Å². The smallest absolute Gasteiger partial charge is 0.0693 e. The first-order chi connectivity index (χ1) is 7.93. The van der Waals surface area contributed by atoms with Crippen LogP contribution in [0.5, 0.6) is 0 Å². The van der Waals surface area contributed by atoms with Gasteiger partial charge in [-0.25, -0.2) is 4.68 Å². The standard InChI is InChI=1S/C12H14N4/c1-2-10-8-13-5-4-12(10)11(3-1)9-16-7-6-14-15-16/h1-3,6-7,13H,4-5,8-9H2. The zero-order valence-corrected chi connectivity index (χ0v) is 9.06. The lowest BCUT2D eigenvalue weighted by Crippen LogP contribution is -2.25. The van der Waals surface area contributed by atoms with Gasteiger partial charge in [0.25, 0.3) is 0 Å². The second-order valence-corrected chi connectivity index (χ2v) is 4.08. The SMILES string of the molecule is c1cc2c(c(Cn3ccnn3)c1)CCNC2. The first-order valence-electron chi connectivity index (χ1n) is 5.58. The number of hydrogen-bond acceptors (Lipinski definition) is 3. The van der Waals surface area contributed by atoms with Gasteiger partial charge in [-0.2, -0.15) is 0 Å². The van der Waals surface area contributed by atoms with Gasteiger partial charge >= 0.3 is 0 Å². The van der Waals surface area contributed by atoms with E-state index < -0.39 is 0 Å². The van der Waals surface area contributed by atoms with Gasteiger partial charge in [0.15, 0.2) is 0 Å². The molecule has 0 aliphatic carbocycles. The molecule has 0 saturated heterocycles. The van der Waals surface area contributed by atoms with Crippen LogP contribution >= 0.6 is 0 Å². The molecule has 4 heteroatoms. The highest BCUT2D eigenvalue weighted by Gasteiger charge is 2.12. The van der Waals surface area contributed by atoms with Gasteiger partial charge in [-0.15, -0.1) is 5.10 Å². The summed E-state index contributed by atoms with van der Waals surface area (Å²) < 4.78 is 1.87. The van der Waals surface area contributed by atoms with Crippen molar-refractivity contribution in [1.29, 1.82) is 0 Å². The highest BCUT2D eigenvalue weighted by atomic mass is 15.4. The van der Waals surface area contributed by atoms with E-state index in [4.69, 9.17) is 0 Å². The Morgan fingerprint density at radius 1 is 1.38 bits per heavy atom. The predicted molar refractivity (Wildman–Crippen MR) is 61.0 cm³/mol. The Morgan fingerprint density at radius 2 is 2.38 bits per heavy atom. The van der Waals surface area contributed by atoms with Crippen LogP contribution in [0.4, 0.5) is 0 Å². The average molecular weight is 214 g/mol. The minimum atomic E-state index is 0.823. The molecule has 0 unspecified atom stereocenters. The highest BCUT2D eigenvalue weighted by molar-refractivity contribution is 5.37. The Hall–Kier alpha value is -1.68. The van der Waals surface area contributed by atoms with Gasteiger partial charge in [0.1, 0.15) is 0 Å².